The van der Waals surface area contributed by atoms with E-state index in [4.69, 9.17) is 9.47 Å². The molecule has 4 nitrogen and oxygen atoms in total. The van der Waals surface area contributed by atoms with Crippen molar-refractivity contribution in [1.82, 2.24) is 0 Å². The molecule has 4 heteroatoms. The van der Waals surface area contributed by atoms with Crippen LogP contribution in [-0.4, -0.2) is 24.6 Å². The fourth-order valence-corrected chi connectivity index (χ4v) is 1.60. The Hall–Kier alpha value is -1.06. The van der Waals surface area contributed by atoms with Crippen molar-refractivity contribution in [2.24, 2.45) is 5.41 Å². The smallest absolute Gasteiger partial charge is 0.306 e. The third kappa shape index (κ3) is 11.3. The van der Waals surface area contributed by atoms with Crippen LogP contribution in [0.15, 0.2) is 0 Å². The lowest BCUT2D eigenvalue weighted by Gasteiger charge is -2.26. The third-order valence-electron chi connectivity index (χ3n) is 3.55. The van der Waals surface area contributed by atoms with Crippen molar-refractivity contribution in [3.05, 3.63) is 0 Å². The van der Waals surface area contributed by atoms with Gasteiger partial charge in [0.1, 0.15) is 6.10 Å². The van der Waals surface area contributed by atoms with E-state index in [-0.39, 0.29) is 36.3 Å². The van der Waals surface area contributed by atoms with Crippen LogP contribution in [0.2, 0.25) is 0 Å². The lowest BCUT2D eigenvalue weighted by molar-refractivity contribution is -0.153. The maximum atomic E-state index is 11.6. The highest BCUT2D eigenvalue weighted by Gasteiger charge is 2.23. The van der Waals surface area contributed by atoms with Crippen molar-refractivity contribution in [2.45, 2.75) is 85.7 Å². The molecule has 0 fully saturated rings. The van der Waals surface area contributed by atoms with Crippen molar-refractivity contribution in [3.63, 3.8) is 0 Å². The van der Waals surface area contributed by atoms with Gasteiger partial charge in [0, 0.05) is 12.8 Å². The molecular formula is C17H32O4. The molecule has 124 valence electrons. The largest absolute Gasteiger partial charge is 0.466 e. The molecule has 0 spiro atoms. The minimum atomic E-state index is -0.242. The van der Waals surface area contributed by atoms with E-state index in [2.05, 4.69) is 6.92 Å². The molecule has 0 aromatic rings. The molecule has 0 saturated carbocycles. The molecule has 0 aliphatic rings. The third-order valence-corrected chi connectivity index (χ3v) is 3.55. The second-order valence-electron chi connectivity index (χ2n) is 6.63. The zero-order valence-electron chi connectivity index (χ0n) is 14.4. The van der Waals surface area contributed by atoms with E-state index >= 15 is 0 Å². The first kappa shape index (κ1) is 19.9. The van der Waals surface area contributed by atoms with E-state index in [1.54, 1.807) is 0 Å². The molecule has 0 amide bonds. The quantitative estimate of drug-likeness (QED) is 0.447. The number of ether oxygens (including phenoxy) is 2. The lowest BCUT2D eigenvalue weighted by atomic mass is 9.90. The highest BCUT2D eigenvalue weighted by atomic mass is 16.5. The summed E-state index contributed by atoms with van der Waals surface area (Å²) in [6.45, 7) is 10.6. The summed E-state index contributed by atoms with van der Waals surface area (Å²) < 4.78 is 10.4. The van der Waals surface area contributed by atoms with Gasteiger partial charge < -0.3 is 9.47 Å². The number of hydrogen-bond acceptors (Lipinski definition) is 4. The van der Waals surface area contributed by atoms with Crippen LogP contribution in [0.1, 0.15) is 79.6 Å². The molecule has 0 radical (unpaired) electrons. The molecule has 0 saturated heterocycles. The van der Waals surface area contributed by atoms with E-state index in [1.807, 2.05) is 27.7 Å². The normalized spacial score (nSPS) is 12.8. The Kier molecular flexibility index (Phi) is 10.1. The van der Waals surface area contributed by atoms with Crippen LogP contribution >= 0.6 is 0 Å². The highest BCUT2D eigenvalue weighted by molar-refractivity contribution is 5.72. The highest BCUT2D eigenvalue weighted by Crippen LogP contribution is 2.22. The maximum Gasteiger partial charge on any atom is 0.306 e. The van der Waals surface area contributed by atoms with Gasteiger partial charge in [0.2, 0.25) is 0 Å². The average molecular weight is 300 g/mol. The Balaban J connectivity index is 3.64. The lowest BCUT2D eigenvalue weighted by Crippen LogP contribution is -2.28. The van der Waals surface area contributed by atoms with Gasteiger partial charge in [-0.25, -0.2) is 0 Å². The fourth-order valence-electron chi connectivity index (χ4n) is 1.60. The minimum Gasteiger partial charge on any atom is -0.466 e. The summed E-state index contributed by atoms with van der Waals surface area (Å²) in [7, 11) is 0. The monoisotopic (exact) mass is 300 g/mol. The molecule has 21 heavy (non-hydrogen) atoms. The van der Waals surface area contributed by atoms with Gasteiger partial charge in [-0.2, -0.15) is 0 Å². The van der Waals surface area contributed by atoms with Gasteiger partial charge in [-0.05, 0) is 25.2 Å². The summed E-state index contributed by atoms with van der Waals surface area (Å²) >= 11 is 0. The topological polar surface area (TPSA) is 52.6 Å². The molecule has 0 heterocycles. The van der Waals surface area contributed by atoms with Gasteiger partial charge in [0.25, 0.3) is 0 Å². The van der Waals surface area contributed by atoms with Gasteiger partial charge in [-0.3, -0.25) is 9.59 Å². The SMILES string of the molecule is CCCCCCOC(=O)CCCC(=O)OC(C)C(C)(C)C. The number of unbranched alkanes of at least 4 members (excludes halogenated alkanes) is 3. The van der Waals surface area contributed by atoms with E-state index < -0.39 is 0 Å². The van der Waals surface area contributed by atoms with Gasteiger partial charge >= 0.3 is 11.9 Å². The molecule has 0 aromatic carbocycles. The van der Waals surface area contributed by atoms with E-state index in [1.165, 1.54) is 12.8 Å². The number of rotatable bonds is 10. The van der Waals surface area contributed by atoms with Gasteiger partial charge in [0.05, 0.1) is 6.61 Å². The fraction of sp³-hybridized carbons (Fsp3) is 0.882. The molecule has 0 N–H and O–H groups in total. The molecule has 0 rings (SSSR count). The van der Waals surface area contributed by atoms with E-state index in [9.17, 15) is 9.59 Å². The predicted octanol–water partition coefficient (Wildman–Crippen LogP) is 4.26. The van der Waals surface area contributed by atoms with Crippen LogP contribution in [0.3, 0.4) is 0 Å². The molecule has 1 atom stereocenters. The summed E-state index contributed by atoms with van der Waals surface area (Å²) in [6, 6.07) is 0. The molecule has 0 bridgehead atoms. The zero-order valence-corrected chi connectivity index (χ0v) is 14.4. The first-order chi connectivity index (χ1) is 9.77. The predicted molar refractivity (Wildman–Crippen MR) is 84.0 cm³/mol. The van der Waals surface area contributed by atoms with Crippen LogP contribution < -0.4 is 0 Å². The summed E-state index contributed by atoms with van der Waals surface area (Å²) in [5.74, 6) is -0.462. The maximum absolute atomic E-state index is 11.6. The van der Waals surface area contributed by atoms with Crippen LogP contribution in [0, 0.1) is 5.41 Å². The first-order valence-electron chi connectivity index (χ1n) is 8.12. The molecule has 0 aliphatic heterocycles. The summed E-state index contributed by atoms with van der Waals surface area (Å²) in [4.78, 5) is 23.1. The Morgan fingerprint density at radius 1 is 0.952 bits per heavy atom. The second-order valence-corrected chi connectivity index (χ2v) is 6.63. The van der Waals surface area contributed by atoms with E-state index in [0.29, 0.717) is 13.0 Å². The molecular weight excluding hydrogens is 268 g/mol. The molecule has 1 unspecified atom stereocenters. The van der Waals surface area contributed by atoms with Crippen molar-refractivity contribution < 1.29 is 19.1 Å². The van der Waals surface area contributed by atoms with E-state index in [0.717, 1.165) is 12.8 Å². The van der Waals surface area contributed by atoms with Crippen molar-refractivity contribution in [2.75, 3.05) is 6.61 Å². The minimum absolute atomic E-state index is 0.0624. The molecule has 0 aliphatic carbocycles. The Morgan fingerprint density at radius 3 is 2.14 bits per heavy atom. The van der Waals surface area contributed by atoms with Gasteiger partial charge in [-0.1, -0.05) is 47.0 Å². The Labute approximate surface area is 129 Å². The standard InChI is InChI=1S/C17H32O4/c1-6-7-8-9-13-20-15(18)11-10-12-16(19)21-14(2)17(3,4)5/h14H,6-13H2,1-5H3. The Morgan fingerprint density at radius 2 is 1.57 bits per heavy atom. The summed E-state index contributed by atoms with van der Waals surface area (Å²) in [5, 5.41) is 0. The van der Waals surface area contributed by atoms with Crippen LogP contribution in [0.4, 0.5) is 0 Å². The van der Waals surface area contributed by atoms with Gasteiger partial charge in [0.15, 0.2) is 0 Å². The molecule has 0 aromatic heterocycles. The number of hydrogen-bond donors (Lipinski definition) is 0. The van der Waals surface area contributed by atoms with Gasteiger partial charge in [-0.15, -0.1) is 0 Å². The zero-order chi connectivity index (χ0) is 16.3. The van der Waals surface area contributed by atoms with Crippen molar-refractivity contribution in [3.8, 4) is 0 Å². The number of carbonyl (C=O) groups is 2. The Bertz CT molecular complexity index is 304. The first-order valence-corrected chi connectivity index (χ1v) is 8.12. The number of carbonyl (C=O) groups excluding carboxylic acids is 2. The number of esters is 2. The van der Waals surface area contributed by atoms with Crippen LogP contribution in [-0.2, 0) is 19.1 Å². The summed E-state index contributed by atoms with van der Waals surface area (Å²) in [5.41, 5.74) is -0.0624. The summed E-state index contributed by atoms with van der Waals surface area (Å²) in [6.07, 6.45) is 5.28. The van der Waals surface area contributed by atoms with Crippen molar-refractivity contribution in [1.29, 1.82) is 0 Å². The van der Waals surface area contributed by atoms with Crippen LogP contribution in [0.5, 0.6) is 0 Å². The van der Waals surface area contributed by atoms with Crippen LogP contribution in [0.25, 0.3) is 0 Å². The van der Waals surface area contributed by atoms with Crippen molar-refractivity contribution >= 4 is 11.9 Å². The average Bonchev–Trinajstić information content (AvgIpc) is 2.37. The second kappa shape index (κ2) is 10.6.